The lowest BCUT2D eigenvalue weighted by atomic mass is 9.89. The van der Waals surface area contributed by atoms with Crippen LogP contribution in [0.15, 0.2) is 261 Å². The fraction of sp³-hybridized carbons (Fsp3) is 0. The number of fused-ring (bicyclic) bond motifs is 5. The number of hydrogen-bond acceptors (Lipinski definition) is 1. The minimum absolute atomic E-state index is 1.09. The van der Waals surface area contributed by atoms with Crippen LogP contribution in [-0.2, 0) is 0 Å². The van der Waals surface area contributed by atoms with Crippen molar-refractivity contribution in [1.29, 1.82) is 0 Å². The Hall–Kier alpha value is -8.52. The first-order valence-corrected chi connectivity index (χ1v) is 22.4. The van der Waals surface area contributed by atoms with Crippen molar-refractivity contribution >= 4 is 60.2 Å². The zero-order valence-corrected chi connectivity index (χ0v) is 35.8. The first kappa shape index (κ1) is 38.2. The van der Waals surface area contributed by atoms with E-state index in [0.29, 0.717) is 0 Å². The first-order valence-electron chi connectivity index (χ1n) is 22.4. The van der Waals surface area contributed by atoms with E-state index in [9.17, 15) is 0 Å². The van der Waals surface area contributed by atoms with Gasteiger partial charge in [-0.3, -0.25) is 0 Å². The lowest BCUT2D eigenvalue weighted by Gasteiger charge is -2.27. The zero-order valence-electron chi connectivity index (χ0n) is 35.8. The molecule has 0 aliphatic heterocycles. The van der Waals surface area contributed by atoms with Gasteiger partial charge in [-0.1, -0.05) is 212 Å². The van der Waals surface area contributed by atoms with Gasteiger partial charge < -0.3 is 4.90 Å². The molecule has 65 heavy (non-hydrogen) atoms. The Morgan fingerprint density at radius 1 is 0.200 bits per heavy atom. The van der Waals surface area contributed by atoms with Gasteiger partial charge in [-0.2, -0.15) is 0 Å². The molecule has 12 rings (SSSR count). The average Bonchev–Trinajstić information content (AvgIpc) is 3.39. The second kappa shape index (κ2) is 16.3. The summed E-state index contributed by atoms with van der Waals surface area (Å²) in [6.07, 6.45) is 0. The van der Waals surface area contributed by atoms with Crippen LogP contribution in [0.3, 0.4) is 0 Å². The standard InChI is InChI=1S/C64H43N/c1-2-12-48(13-3-1)63-40-33-50-15-7-9-20-62(50)64(63)51-31-37-58(38-32-51)65(59-18-10-17-53(43-59)55-34-39-61-56(42-55)28-26-49-14-6-8-19-60(49)61)57-35-29-46(30-36-57)45-21-23-47(24-22-45)54-27-25-44-11-4-5-16-52(44)41-54/h1-43H. The molecule has 304 valence electrons. The highest BCUT2D eigenvalue weighted by molar-refractivity contribution is 6.08. The molecule has 0 radical (unpaired) electrons. The summed E-state index contributed by atoms with van der Waals surface area (Å²) in [4.78, 5) is 2.38. The summed E-state index contributed by atoms with van der Waals surface area (Å²) in [5, 5.41) is 10.0. The summed E-state index contributed by atoms with van der Waals surface area (Å²) in [7, 11) is 0. The Bertz CT molecular complexity index is 3680. The molecule has 0 aromatic heterocycles. The number of hydrogen-bond donors (Lipinski definition) is 0. The predicted molar refractivity (Wildman–Crippen MR) is 278 cm³/mol. The van der Waals surface area contributed by atoms with E-state index >= 15 is 0 Å². The Labute approximate surface area is 379 Å². The van der Waals surface area contributed by atoms with Crippen LogP contribution in [-0.4, -0.2) is 0 Å². The van der Waals surface area contributed by atoms with Crippen LogP contribution in [0.5, 0.6) is 0 Å². The van der Waals surface area contributed by atoms with Gasteiger partial charge in [-0.25, -0.2) is 0 Å². The third kappa shape index (κ3) is 7.20. The molecular formula is C64H43N. The smallest absolute Gasteiger partial charge is 0.0467 e. The third-order valence-corrected chi connectivity index (χ3v) is 13.0. The Balaban J connectivity index is 0.934. The van der Waals surface area contributed by atoms with Crippen LogP contribution >= 0.6 is 0 Å². The third-order valence-electron chi connectivity index (χ3n) is 13.0. The highest BCUT2D eigenvalue weighted by Gasteiger charge is 2.17. The molecule has 0 aliphatic carbocycles. The first-order chi connectivity index (χ1) is 32.2. The van der Waals surface area contributed by atoms with Crippen LogP contribution < -0.4 is 4.90 Å². The quantitative estimate of drug-likeness (QED) is 0.138. The van der Waals surface area contributed by atoms with E-state index in [0.717, 1.165) is 17.1 Å². The van der Waals surface area contributed by atoms with E-state index in [1.807, 2.05) is 0 Å². The monoisotopic (exact) mass is 825 g/mol. The minimum atomic E-state index is 1.09. The van der Waals surface area contributed by atoms with Crippen LogP contribution in [0.4, 0.5) is 17.1 Å². The SMILES string of the molecule is c1ccc(-c2ccc3ccccc3c2-c2ccc(N(c3ccc(-c4ccc(-c5ccc6ccccc6c5)cc4)cc3)c3cccc(-c4ccc5c(ccc6ccccc65)c4)c3)cc2)cc1. The molecule has 12 aromatic rings. The van der Waals surface area contributed by atoms with Gasteiger partial charge in [0.15, 0.2) is 0 Å². The van der Waals surface area contributed by atoms with E-state index in [1.165, 1.54) is 98.7 Å². The fourth-order valence-electron chi connectivity index (χ4n) is 9.71. The average molecular weight is 826 g/mol. The van der Waals surface area contributed by atoms with Gasteiger partial charge in [0.05, 0.1) is 0 Å². The van der Waals surface area contributed by atoms with E-state index < -0.39 is 0 Å². The van der Waals surface area contributed by atoms with E-state index in [4.69, 9.17) is 0 Å². The largest absolute Gasteiger partial charge is 0.310 e. The molecule has 12 aromatic carbocycles. The highest BCUT2D eigenvalue weighted by Crippen LogP contribution is 2.42. The molecule has 0 unspecified atom stereocenters. The van der Waals surface area contributed by atoms with Crippen LogP contribution in [0.25, 0.3) is 98.7 Å². The van der Waals surface area contributed by atoms with Crippen LogP contribution in [0.2, 0.25) is 0 Å². The van der Waals surface area contributed by atoms with Gasteiger partial charge >= 0.3 is 0 Å². The molecule has 0 aliphatic rings. The van der Waals surface area contributed by atoms with Crippen LogP contribution in [0, 0.1) is 0 Å². The highest BCUT2D eigenvalue weighted by atomic mass is 15.1. The van der Waals surface area contributed by atoms with Crippen molar-refractivity contribution < 1.29 is 0 Å². The Morgan fingerprint density at radius 2 is 0.646 bits per heavy atom. The Kier molecular flexibility index (Phi) is 9.58. The van der Waals surface area contributed by atoms with Crippen molar-refractivity contribution in [1.82, 2.24) is 0 Å². The van der Waals surface area contributed by atoms with Gasteiger partial charge in [0.2, 0.25) is 0 Å². The zero-order chi connectivity index (χ0) is 43.1. The van der Waals surface area contributed by atoms with E-state index in [2.05, 4.69) is 266 Å². The summed E-state index contributed by atoms with van der Waals surface area (Å²) >= 11 is 0. The molecule has 1 nitrogen and oxygen atoms in total. The maximum absolute atomic E-state index is 2.38. The maximum Gasteiger partial charge on any atom is 0.0467 e. The minimum Gasteiger partial charge on any atom is -0.310 e. The normalized spacial score (nSPS) is 11.4. The van der Waals surface area contributed by atoms with Gasteiger partial charge in [-0.15, -0.1) is 0 Å². The molecule has 0 heterocycles. The van der Waals surface area contributed by atoms with Gasteiger partial charge in [0, 0.05) is 17.1 Å². The molecule has 0 bridgehead atoms. The van der Waals surface area contributed by atoms with Gasteiger partial charge in [-0.05, 0) is 147 Å². The number of rotatable bonds is 8. The van der Waals surface area contributed by atoms with Crippen molar-refractivity contribution in [3.05, 3.63) is 261 Å². The topological polar surface area (TPSA) is 3.24 Å². The predicted octanol–water partition coefficient (Wildman–Crippen LogP) is 18.1. The van der Waals surface area contributed by atoms with Gasteiger partial charge in [0.1, 0.15) is 0 Å². The van der Waals surface area contributed by atoms with Crippen LogP contribution in [0.1, 0.15) is 0 Å². The summed E-state index contributed by atoms with van der Waals surface area (Å²) in [6.45, 7) is 0. The fourth-order valence-corrected chi connectivity index (χ4v) is 9.71. The van der Waals surface area contributed by atoms with Gasteiger partial charge in [0.25, 0.3) is 0 Å². The molecule has 0 saturated heterocycles. The van der Waals surface area contributed by atoms with E-state index in [1.54, 1.807) is 0 Å². The molecule has 1 heteroatoms. The number of nitrogens with zero attached hydrogens (tertiary/aromatic N) is 1. The second-order valence-electron chi connectivity index (χ2n) is 16.9. The maximum atomic E-state index is 2.38. The Morgan fingerprint density at radius 3 is 1.38 bits per heavy atom. The van der Waals surface area contributed by atoms with Crippen molar-refractivity contribution in [2.75, 3.05) is 4.90 Å². The lowest BCUT2D eigenvalue weighted by Crippen LogP contribution is -2.10. The van der Waals surface area contributed by atoms with Crippen molar-refractivity contribution in [2.45, 2.75) is 0 Å². The molecule has 0 amide bonds. The summed E-state index contributed by atoms with van der Waals surface area (Å²) in [5.74, 6) is 0. The summed E-state index contributed by atoms with van der Waals surface area (Å²) in [5.41, 5.74) is 15.3. The summed E-state index contributed by atoms with van der Waals surface area (Å²) < 4.78 is 0. The van der Waals surface area contributed by atoms with Crippen molar-refractivity contribution in [2.24, 2.45) is 0 Å². The molecule has 0 fully saturated rings. The van der Waals surface area contributed by atoms with Crippen molar-refractivity contribution in [3.63, 3.8) is 0 Å². The molecule has 0 N–H and O–H groups in total. The summed E-state index contributed by atoms with van der Waals surface area (Å²) in [6, 6.07) is 95.3. The lowest BCUT2D eigenvalue weighted by molar-refractivity contribution is 1.28. The molecule has 0 atom stereocenters. The second-order valence-corrected chi connectivity index (χ2v) is 16.9. The van der Waals surface area contributed by atoms with Crippen molar-refractivity contribution in [3.8, 4) is 55.6 Å². The molecular weight excluding hydrogens is 783 g/mol. The number of anilines is 3. The molecule has 0 spiro atoms. The molecule has 0 saturated carbocycles. The van der Waals surface area contributed by atoms with E-state index in [-0.39, 0.29) is 0 Å². The number of benzene rings is 12.